The third-order valence-electron chi connectivity index (χ3n) is 13.0. The molecule has 0 bridgehead atoms. The zero-order chi connectivity index (χ0) is 41.3. The van der Waals surface area contributed by atoms with E-state index in [-0.39, 0.29) is 10.8 Å². The maximum Gasteiger partial charge on any atom is 0.136 e. The highest BCUT2D eigenvalue weighted by molar-refractivity contribution is 6.13. The van der Waals surface area contributed by atoms with E-state index in [9.17, 15) is 0 Å². The Morgan fingerprint density at radius 1 is 0.377 bits per heavy atom. The van der Waals surface area contributed by atoms with Crippen LogP contribution in [0, 0.1) is 0 Å². The van der Waals surface area contributed by atoms with Gasteiger partial charge in [-0.3, -0.25) is 0 Å². The van der Waals surface area contributed by atoms with Crippen molar-refractivity contribution in [2.45, 2.75) is 44.9 Å². The fourth-order valence-corrected chi connectivity index (χ4v) is 10.4. The molecule has 0 saturated heterocycles. The summed E-state index contributed by atoms with van der Waals surface area (Å²) in [5.74, 6) is 0. The summed E-state index contributed by atoms with van der Waals surface area (Å²) in [4.78, 5) is 2.42. The van der Waals surface area contributed by atoms with Crippen molar-refractivity contribution in [2.75, 3.05) is 4.90 Å². The number of fused-ring (bicyclic) bond motifs is 5. The highest BCUT2D eigenvalue weighted by Gasteiger charge is 2.42. The standard InChI is InChI=1S/C59H47NO/c1-58(2)38-59(3,4)53-37-56-51(36-52(53)58)57-48(26-15-27-55(57)61-56)44-22-13-20-42(34-44)43-21-14-23-46(35-43)60(45-30-28-40(29-31-45)39-16-7-5-8-17-39)54-33-32-47(41-18-9-6-10-19-41)49-24-11-12-25-50(49)54/h5-37H,38H2,1-4H3. The van der Waals surface area contributed by atoms with Crippen LogP contribution in [0.1, 0.15) is 45.2 Å². The molecule has 0 aliphatic heterocycles. The average molecular weight is 786 g/mol. The number of hydrogen-bond donors (Lipinski definition) is 0. The van der Waals surface area contributed by atoms with Crippen LogP contribution in [0.4, 0.5) is 17.1 Å². The molecule has 61 heavy (non-hydrogen) atoms. The summed E-state index contributed by atoms with van der Waals surface area (Å²) in [6.07, 6.45) is 1.12. The summed E-state index contributed by atoms with van der Waals surface area (Å²) in [6, 6.07) is 72.9. The van der Waals surface area contributed by atoms with Crippen molar-refractivity contribution in [3.63, 3.8) is 0 Å². The molecular formula is C59H47NO. The Hall–Kier alpha value is -7.16. The predicted octanol–water partition coefficient (Wildman–Crippen LogP) is 16.8. The van der Waals surface area contributed by atoms with Gasteiger partial charge in [0.1, 0.15) is 11.2 Å². The van der Waals surface area contributed by atoms with Crippen molar-refractivity contribution in [1.29, 1.82) is 0 Å². The number of nitrogens with zero attached hydrogens (tertiary/aromatic N) is 1. The molecule has 2 heteroatoms. The minimum absolute atomic E-state index is 0.102. The second kappa shape index (κ2) is 14.2. The Kier molecular flexibility index (Phi) is 8.61. The molecule has 11 rings (SSSR count). The summed E-state index contributed by atoms with van der Waals surface area (Å²) in [5.41, 5.74) is 17.8. The van der Waals surface area contributed by atoms with E-state index in [2.05, 4.69) is 233 Å². The molecule has 0 N–H and O–H groups in total. The zero-order valence-electron chi connectivity index (χ0n) is 35.1. The van der Waals surface area contributed by atoms with E-state index in [1.165, 1.54) is 66.1 Å². The Bertz CT molecular complexity index is 3260. The molecular weight excluding hydrogens is 739 g/mol. The first-order chi connectivity index (χ1) is 29.7. The molecule has 0 unspecified atom stereocenters. The monoisotopic (exact) mass is 785 g/mol. The van der Waals surface area contributed by atoms with Crippen molar-refractivity contribution in [3.05, 3.63) is 211 Å². The third kappa shape index (κ3) is 6.33. The second-order valence-electron chi connectivity index (χ2n) is 18.0. The van der Waals surface area contributed by atoms with Crippen molar-refractivity contribution in [3.8, 4) is 44.5 Å². The van der Waals surface area contributed by atoms with Crippen LogP contribution in [0.2, 0.25) is 0 Å². The first-order valence-electron chi connectivity index (χ1n) is 21.5. The highest BCUT2D eigenvalue weighted by atomic mass is 16.3. The lowest BCUT2D eigenvalue weighted by Gasteiger charge is -2.28. The number of furan rings is 1. The third-order valence-corrected chi connectivity index (χ3v) is 13.0. The summed E-state index contributed by atoms with van der Waals surface area (Å²) in [7, 11) is 0. The molecule has 294 valence electrons. The minimum Gasteiger partial charge on any atom is -0.456 e. The van der Waals surface area contributed by atoms with E-state index in [1.807, 2.05) is 0 Å². The molecule has 1 aliphatic rings. The van der Waals surface area contributed by atoms with Gasteiger partial charge in [0.25, 0.3) is 0 Å². The Balaban J connectivity index is 1.04. The summed E-state index contributed by atoms with van der Waals surface area (Å²) in [6.45, 7) is 9.50. The topological polar surface area (TPSA) is 16.4 Å². The van der Waals surface area contributed by atoms with Gasteiger partial charge in [-0.2, -0.15) is 0 Å². The van der Waals surface area contributed by atoms with Gasteiger partial charge >= 0.3 is 0 Å². The molecule has 0 spiro atoms. The van der Waals surface area contributed by atoms with E-state index in [4.69, 9.17) is 4.42 Å². The summed E-state index contributed by atoms with van der Waals surface area (Å²) < 4.78 is 6.63. The lowest BCUT2D eigenvalue weighted by molar-refractivity contribution is 0.403. The maximum atomic E-state index is 6.63. The van der Waals surface area contributed by atoms with Gasteiger partial charge in [-0.1, -0.05) is 173 Å². The van der Waals surface area contributed by atoms with Crippen LogP contribution >= 0.6 is 0 Å². The predicted molar refractivity (Wildman–Crippen MR) is 258 cm³/mol. The van der Waals surface area contributed by atoms with Crippen molar-refractivity contribution in [2.24, 2.45) is 0 Å². The molecule has 0 fully saturated rings. The van der Waals surface area contributed by atoms with Gasteiger partial charge in [0, 0.05) is 27.5 Å². The van der Waals surface area contributed by atoms with Gasteiger partial charge in [0.05, 0.1) is 5.69 Å². The average Bonchev–Trinajstić information content (AvgIpc) is 3.76. The van der Waals surface area contributed by atoms with Crippen molar-refractivity contribution in [1.82, 2.24) is 0 Å². The lowest BCUT2D eigenvalue weighted by atomic mass is 9.82. The SMILES string of the molecule is CC1(C)CC(C)(C)c2cc3c(cc21)oc1cccc(-c2cccc(-c4cccc(N(c5ccc(-c6ccccc6)cc5)c5ccc(-c6ccccc6)c6ccccc56)c4)c2)c13. The van der Waals surface area contributed by atoms with Crippen LogP contribution in [0.15, 0.2) is 205 Å². The first-order valence-corrected chi connectivity index (χ1v) is 21.5. The van der Waals surface area contributed by atoms with Gasteiger partial charge in [0.15, 0.2) is 0 Å². The number of rotatable bonds is 7. The molecule has 2 nitrogen and oxygen atoms in total. The fourth-order valence-electron chi connectivity index (χ4n) is 10.4. The number of benzene rings is 9. The second-order valence-corrected chi connectivity index (χ2v) is 18.0. The molecule has 1 heterocycles. The van der Waals surface area contributed by atoms with Crippen molar-refractivity contribution < 1.29 is 4.42 Å². The fraction of sp³-hybridized carbons (Fsp3) is 0.119. The van der Waals surface area contributed by atoms with Crippen LogP contribution in [0.3, 0.4) is 0 Å². The molecule has 0 atom stereocenters. The highest BCUT2D eigenvalue weighted by Crippen LogP contribution is 2.52. The Morgan fingerprint density at radius 2 is 0.967 bits per heavy atom. The summed E-state index contributed by atoms with van der Waals surface area (Å²) >= 11 is 0. The van der Waals surface area contributed by atoms with Gasteiger partial charge in [-0.05, 0) is 133 Å². The Labute approximate surface area is 358 Å². The lowest BCUT2D eigenvalue weighted by Crippen LogP contribution is -2.17. The van der Waals surface area contributed by atoms with E-state index in [1.54, 1.807) is 0 Å². The van der Waals surface area contributed by atoms with Crippen LogP contribution in [-0.4, -0.2) is 0 Å². The van der Waals surface area contributed by atoms with Gasteiger partial charge in [-0.25, -0.2) is 0 Å². The summed E-state index contributed by atoms with van der Waals surface area (Å²) in [5, 5.41) is 4.80. The van der Waals surface area contributed by atoms with Gasteiger partial charge < -0.3 is 9.32 Å². The van der Waals surface area contributed by atoms with Gasteiger partial charge in [0.2, 0.25) is 0 Å². The first kappa shape index (κ1) is 36.9. The van der Waals surface area contributed by atoms with Crippen molar-refractivity contribution >= 4 is 49.8 Å². The number of hydrogen-bond acceptors (Lipinski definition) is 2. The molecule has 10 aromatic rings. The van der Waals surface area contributed by atoms with E-state index in [0.29, 0.717) is 0 Å². The van der Waals surface area contributed by atoms with Crippen LogP contribution < -0.4 is 4.90 Å². The van der Waals surface area contributed by atoms with E-state index < -0.39 is 0 Å². The maximum absolute atomic E-state index is 6.63. The molecule has 0 radical (unpaired) electrons. The molecule has 1 aliphatic carbocycles. The normalized spacial score (nSPS) is 14.1. The smallest absolute Gasteiger partial charge is 0.136 e. The van der Waals surface area contributed by atoms with Crippen LogP contribution in [-0.2, 0) is 10.8 Å². The van der Waals surface area contributed by atoms with Gasteiger partial charge in [-0.15, -0.1) is 0 Å². The molecule has 1 aromatic heterocycles. The van der Waals surface area contributed by atoms with Crippen LogP contribution in [0.5, 0.6) is 0 Å². The molecule has 0 saturated carbocycles. The van der Waals surface area contributed by atoms with Crippen LogP contribution in [0.25, 0.3) is 77.2 Å². The molecule has 0 amide bonds. The van der Waals surface area contributed by atoms with E-state index in [0.717, 1.165) is 45.8 Å². The zero-order valence-corrected chi connectivity index (χ0v) is 35.1. The Morgan fingerprint density at radius 3 is 1.72 bits per heavy atom. The minimum atomic E-state index is 0.102. The largest absolute Gasteiger partial charge is 0.456 e. The quantitative estimate of drug-likeness (QED) is 0.160. The molecule has 9 aromatic carbocycles. The number of anilines is 3. The van der Waals surface area contributed by atoms with E-state index >= 15 is 0 Å².